The Bertz CT molecular complexity index is 781. The minimum Gasteiger partial charge on any atom is -0.507 e. The summed E-state index contributed by atoms with van der Waals surface area (Å²) in [5.41, 5.74) is 3.21. The Balaban J connectivity index is 2.70. The molecule has 24 heavy (non-hydrogen) atoms. The summed E-state index contributed by atoms with van der Waals surface area (Å²) in [5, 5.41) is 20.1. The van der Waals surface area contributed by atoms with Gasteiger partial charge in [0.1, 0.15) is 11.3 Å². The van der Waals surface area contributed by atoms with Crippen molar-refractivity contribution in [3.63, 3.8) is 0 Å². The maximum Gasteiger partial charge on any atom is 0.339 e. The molecule has 128 valence electrons. The quantitative estimate of drug-likeness (QED) is 0.776. The van der Waals surface area contributed by atoms with E-state index in [9.17, 15) is 15.0 Å². The van der Waals surface area contributed by atoms with E-state index in [0.29, 0.717) is 11.1 Å². The van der Waals surface area contributed by atoms with Gasteiger partial charge in [-0.25, -0.2) is 4.79 Å². The number of carbonyl (C=O) groups is 1. The average molecular weight is 344 g/mol. The lowest BCUT2D eigenvalue weighted by Crippen LogP contribution is -2.15. The number of aromatic carboxylic acids is 1. The Morgan fingerprint density at radius 2 is 1.62 bits per heavy atom. The van der Waals surface area contributed by atoms with Crippen LogP contribution >= 0.6 is 11.8 Å². The van der Waals surface area contributed by atoms with Crippen molar-refractivity contribution in [2.75, 3.05) is 0 Å². The van der Waals surface area contributed by atoms with Gasteiger partial charge in [-0.2, -0.15) is 0 Å². The van der Waals surface area contributed by atoms with Gasteiger partial charge in [-0.05, 0) is 48.9 Å². The first-order chi connectivity index (χ1) is 11.0. The molecular weight excluding hydrogens is 320 g/mol. The molecule has 0 unspecified atom stereocenters. The first-order valence-electron chi connectivity index (χ1n) is 7.88. The van der Waals surface area contributed by atoms with E-state index >= 15 is 0 Å². The molecule has 2 rings (SSSR count). The number of carboxylic acid groups (broad SMARTS) is 1. The SMILES string of the molecule is Cc1cccc(C)c1Sc1cc(C(C)(C)C)c(O)c(C(=O)O)c1C. The van der Waals surface area contributed by atoms with Gasteiger partial charge in [-0.1, -0.05) is 50.7 Å². The lowest BCUT2D eigenvalue weighted by atomic mass is 9.84. The van der Waals surface area contributed by atoms with E-state index in [1.165, 1.54) is 0 Å². The van der Waals surface area contributed by atoms with Gasteiger partial charge in [0.15, 0.2) is 0 Å². The molecule has 0 atom stereocenters. The zero-order valence-corrected chi connectivity index (χ0v) is 15.8. The van der Waals surface area contributed by atoms with Crippen molar-refractivity contribution in [3.8, 4) is 5.75 Å². The Hall–Kier alpha value is -1.94. The molecule has 0 radical (unpaired) electrons. The number of phenols is 1. The summed E-state index contributed by atoms with van der Waals surface area (Å²) in [6, 6.07) is 8.04. The average Bonchev–Trinajstić information content (AvgIpc) is 2.43. The summed E-state index contributed by atoms with van der Waals surface area (Å²) < 4.78 is 0. The summed E-state index contributed by atoms with van der Waals surface area (Å²) >= 11 is 1.56. The smallest absolute Gasteiger partial charge is 0.339 e. The van der Waals surface area contributed by atoms with E-state index in [0.717, 1.165) is 20.9 Å². The topological polar surface area (TPSA) is 57.5 Å². The van der Waals surface area contributed by atoms with E-state index in [1.807, 2.05) is 58.9 Å². The number of aromatic hydroxyl groups is 1. The largest absolute Gasteiger partial charge is 0.507 e. The van der Waals surface area contributed by atoms with Crippen molar-refractivity contribution in [2.24, 2.45) is 0 Å². The predicted octanol–water partition coefficient (Wildman–Crippen LogP) is 5.46. The van der Waals surface area contributed by atoms with Crippen molar-refractivity contribution in [1.82, 2.24) is 0 Å². The maximum absolute atomic E-state index is 11.7. The molecule has 2 aromatic carbocycles. The van der Waals surface area contributed by atoms with Crippen LogP contribution in [0.15, 0.2) is 34.1 Å². The number of benzene rings is 2. The highest BCUT2D eigenvalue weighted by molar-refractivity contribution is 7.99. The third kappa shape index (κ3) is 3.44. The van der Waals surface area contributed by atoms with Crippen LogP contribution in [0.5, 0.6) is 5.75 Å². The van der Waals surface area contributed by atoms with Crippen molar-refractivity contribution in [1.29, 1.82) is 0 Å². The highest BCUT2D eigenvalue weighted by atomic mass is 32.2. The zero-order valence-electron chi connectivity index (χ0n) is 15.0. The van der Waals surface area contributed by atoms with Crippen LogP contribution in [-0.4, -0.2) is 16.2 Å². The molecule has 0 saturated carbocycles. The van der Waals surface area contributed by atoms with Crippen molar-refractivity contribution < 1.29 is 15.0 Å². The molecule has 4 heteroatoms. The number of aryl methyl sites for hydroxylation is 2. The second-order valence-corrected chi connectivity index (χ2v) is 8.20. The third-order valence-corrected chi connectivity index (χ3v) is 5.65. The van der Waals surface area contributed by atoms with Crippen molar-refractivity contribution in [2.45, 2.75) is 56.7 Å². The third-order valence-electron chi connectivity index (χ3n) is 4.15. The van der Waals surface area contributed by atoms with Crippen LogP contribution in [0.4, 0.5) is 0 Å². The molecule has 0 fully saturated rings. The molecule has 0 aromatic heterocycles. The number of hydrogen-bond acceptors (Lipinski definition) is 3. The fraction of sp³-hybridized carbons (Fsp3) is 0.350. The number of hydrogen-bond donors (Lipinski definition) is 2. The fourth-order valence-corrected chi connectivity index (χ4v) is 3.86. The van der Waals surface area contributed by atoms with E-state index in [-0.39, 0.29) is 16.7 Å². The summed E-state index contributed by atoms with van der Waals surface area (Å²) in [6.45, 7) is 11.8. The normalized spacial score (nSPS) is 11.6. The summed E-state index contributed by atoms with van der Waals surface area (Å²) in [7, 11) is 0. The van der Waals surface area contributed by atoms with E-state index in [2.05, 4.69) is 0 Å². The lowest BCUT2D eigenvalue weighted by molar-refractivity contribution is 0.0692. The van der Waals surface area contributed by atoms with Crippen molar-refractivity contribution in [3.05, 3.63) is 52.1 Å². The van der Waals surface area contributed by atoms with Crippen LogP contribution in [0.3, 0.4) is 0 Å². The van der Waals surface area contributed by atoms with Crippen LogP contribution in [-0.2, 0) is 5.41 Å². The van der Waals surface area contributed by atoms with Gasteiger partial charge in [0.2, 0.25) is 0 Å². The molecule has 0 heterocycles. The van der Waals surface area contributed by atoms with Crippen LogP contribution in [0.1, 0.15) is 53.4 Å². The molecule has 0 saturated heterocycles. The first kappa shape index (κ1) is 18.4. The van der Waals surface area contributed by atoms with Gasteiger partial charge in [0, 0.05) is 15.4 Å². The summed E-state index contributed by atoms with van der Waals surface area (Å²) in [6.07, 6.45) is 0. The first-order valence-corrected chi connectivity index (χ1v) is 8.70. The molecule has 0 spiro atoms. The van der Waals surface area contributed by atoms with Crippen LogP contribution in [0.25, 0.3) is 0 Å². The van der Waals surface area contributed by atoms with Crippen LogP contribution in [0.2, 0.25) is 0 Å². The van der Waals surface area contributed by atoms with Crippen LogP contribution in [0, 0.1) is 20.8 Å². The highest BCUT2D eigenvalue weighted by Gasteiger charge is 2.27. The minimum absolute atomic E-state index is 0.00355. The highest BCUT2D eigenvalue weighted by Crippen LogP contribution is 2.43. The minimum atomic E-state index is -1.10. The van der Waals surface area contributed by atoms with E-state index < -0.39 is 5.97 Å². The van der Waals surface area contributed by atoms with E-state index in [4.69, 9.17) is 0 Å². The Kier molecular flexibility index (Phi) is 5.00. The van der Waals surface area contributed by atoms with Gasteiger partial charge in [-0.3, -0.25) is 0 Å². The molecule has 0 bridgehead atoms. The van der Waals surface area contributed by atoms with Gasteiger partial charge in [-0.15, -0.1) is 0 Å². The predicted molar refractivity (Wildman–Crippen MR) is 98.5 cm³/mol. The number of carboxylic acids is 1. The molecule has 0 amide bonds. The Morgan fingerprint density at radius 1 is 1.08 bits per heavy atom. The van der Waals surface area contributed by atoms with Crippen molar-refractivity contribution >= 4 is 17.7 Å². The second-order valence-electron chi connectivity index (χ2n) is 7.15. The molecule has 3 nitrogen and oxygen atoms in total. The van der Waals surface area contributed by atoms with Gasteiger partial charge in [0.05, 0.1) is 0 Å². The molecule has 2 N–H and O–H groups in total. The monoisotopic (exact) mass is 344 g/mol. The Morgan fingerprint density at radius 3 is 2.08 bits per heavy atom. The Labute approximate surface area is 147 Å². The van der Waals surface area contributed by atoms with E-state index in [1.54, 1.807) is 18.7 Å². The molecule has 0 aliphatic heterocycles. The summed E-state index contributed by atoms with van der Waals surface area (Å²) in [4.78, 5) is 13.7. The molecule has 0 aliphatic rings. The maximum atomic E-state index is 11.7. The van der Waals surface area contributed by atoms with Crippen LogP contribution < -0.4 is 0 Å². The molecule has 0 aliphatic carbocycles. The lowest BCUT2D eigenvalue weighted by Gasteiger charge is -2.24. The van der Waals surface area contributed by atoms with Gasteiger partial charge < -0.3 is 10.2 Å². The second kappa shape index (κ2) is 6.52. The molecular formula is C20H24O3S. The molecule has 2 aromatic rings. The fourth-order valence-electron chi connectivity index (χ4n) is 2.75. The summed E-state index contributed by atoms with van der Waals surface area (Å²) in [5.74, 6) is -1.22. The number of rotatable bonds is 3. The zero-order chi connectivity index (χ0) is 18.2. The standard InChI is InChI=1S/C20H24O3S/c1-11-8-7-9-12(2)18(11)24-15-10-14(20(4,5)6)17(21)16(13(15)3)19(22)23/h7-10,21H,1-6H3,(H,22,23). The van der Waals surface area contributed by atoms with Gasteiger partial charge >= 0.3 is 5.97 Å². The van der Waals surface area contributed by atoms with Gasteiger partial charge in [0.25, 0.3) is 0 Å².